The summed E-state index contributed by atoms with van der Waals surface area (Å²) in [7, 11) is 0. The van der Waals surface area contributed by atoms with Crippen molar-refractivity contribution in [1.82, 2.24) is 0 Å². The van der Waals surface area contributed by atoms with Gasteiger partial charge in [-0.2, -0.15) is 0 Å². The Labute approximate surface area is 380 Å². The summed E-state index contributed by atoms with van der Waals surface area (Å²) in [5, 5.41) is 0. The van der Waals surface area contributed by atoms with E-state index in [1.807, 2.05) is 0 Å². The molecule has 0 aromatic heterocycles. The van der Waals surface area contributed by atoms with E-state index in [9.17, 15) is 14.4 Å². The SMILES string of the molecule is CC/C=C\C/C=C\C/C=C\C/C=C\C/C=C\CCCC(=O)OCC(COC(=O)CCCCCCCCCCCCC)OC(=O)CCCCC/C=C\C/C=C\C/C=C\C/C=C\CC. The van der Waals surface area contributed by atoms with E-state index >= 15 is 0 Å². The second-order valence-corrected chi connectivity index (χ2v) is 16.0. The highest BCUT2D eigenvalue weighted by atomic mass is 16.6. The van der Waals surface area contributed by atoms with E-state index in [0.29, 0.717) is 19.3 Å². The van der Waals surface area contributed by atoms with E-state index in [4.69, 9.17) is 14.2 Å². The Morgan fingerprint density at radius 2 is 0.645 bits per heavy atom. The minimum absolute atomic E-state index is 0.109. The molecule has 0 saturated carbocycles. The van der Waals surface area contributed by atoms with Gasteiger partial charge in [0.2, 0.25) is 0 Å². The van der Waals surface area contributed by atoms with Crippen LogP contribution in [0.15, 0.2) is 109 Å². The van der Waals surface area contributed by atoms with Crippen LogP contribution < -0.4 is 0 Å². The fourth-order valence-electron chi connectivity index (χ4n) is 6.35. The van der Waals surface area contributed by atoms with Crippen LogP contribution >= 0.6 is 0 Å². The third-order valence-electron chi connectivity index (χ3n) is 10.0. The zero-order valence-corrected chi connectivity index (χ0v) is 39.8. The third kappa shape index (κ3) is 47.1. The van der Waals surface area contributed by atoms with Crippen molar-refractivity contribution in [2.45, 2.75) is 213 Å². The van der Waals surface area contributed by atoms with Crippen LogP contribution in [0.25, 0.3) is 0 Å². The van der Waals surface area contributed by atoms with Crippen molar-refractivity contribution >= 4 is 17.9 Å². The number of rotatable bonds is 43. The van der Waals surface area contributed by atoms with Crippen molar-refractivity contribution in [2.24, 2.45) is 0 Å². The topological polar surface area (TPSA) is 78.9 Å². The molecule has 0 radical (unpaired) electrons. The highest BCUT2D eigenvalue weighted by Gasteiger charge is 2.19. The summed E-state index contributed by atoms with van der Waals surface area (Å²) in [5.41, 5.74) is 0. The molecule has 0 bridgehead atoms. The molecule has 0 spiro atoms. The van der Waals surface area contributed by atoms with E-state index in [0.717, 1.165) is 103 Å². The van der Waals surface area contributed by atoms with Gasteiger partial charge in [0.25, 0.3) is 0 Å². The van der Waals surface area contributed by atoms with E-state index in [2.05, 4.69) is 130 Å². The first-order valence-corrected chi connectivity index (χ1v) is 24.9. The lowest BCUT2D eigenvalue weighted by Gasteiger charge is -2.18. The van der Waals surface area contributed by atoms with Gasteiger partial charge in [-0.05, 0) is 96.3 Å². The zero-order chi connectivity index (χ0) is 45.1. The molecule has 1 atom stereocenters. The minimum atomic E-state index is -0.817. The molecular weight excluding hydrogens is 769 g/mol. The molecule has 0 rings (SSSR count). The van der Waals surface area contributed by atoms with Crippen molar-refractivity contribution in [2.75, 3.05) is 13.2 Å². The van der Waals surface area contributed by atoms with E-state index in [1.165, 1.54) is 51.4 Å². The Kier molecular flexibility index (Phi) is 46.6. The first kappa shape index (κ1) is 58.1. The number of ether oxygens (including phenoxy) is 3. The molecule has 350 valence electrons. The van der Waals surface area contributed by atoms with Gasteiger partial charge in [0.15, 0.2) is 6.10 Å². The van der Waals surface area contributed by atoms with Gasteiger partial charge in [0.1, 0.15) is 13.2 Å². The summed E-state index contributed by atoms with van der Waals surface area (Å²) in [5.74, 6) is -1.01. The second-order valence-electron chi connectivity index (χ2n) is 16.0. The van der Waals surface area contributed by atoms with Gasteiger partial charge in [-0.1, -0.05) is 201 Å². The Morgan fingerprint density at radius 3 is 1.05 bits per heavy atom. The van der Waals surface area contributed by atoms with Crippen LogP contribution in [0.1, 0.15) is 207 Å². The molecule has 0 heterocycles. The third-order valence-corrected chi connectivity index (χ3v) is 10.0. The molecule has 0 saturated heterocycles. The molecule has 0 N–H and O–H groups in total. The van der Waals surface area contributed by atoms with Gasteiger partial charge in [-0.25, -0.2) is 0 Å². The van der Waals surface area contributed by atoms with Crippen molar-refractivity contribution in [3.05, 3.63) is 109 Å². The maximum Gasteiger partial charge on any atom is 0.306 e. The molecule has 0 fully saturated rings. The number of allylic oxidation sites excluding steroid dienone is 18. The fourth-order valence-corrected chi connectivity index (χ4v) is 6.35. The first-order chi connectivity index (χ1) is 30.5. The second kappa shape index (κ2) is 49.7. The highest BCUT2D eigenvalue weighted by molar-refractivity contribution is 5.71. The molecule has 0 aromatic carbocycles. The molecule has 62 heavy (non-hydrogen) atoms. The molecule has 6 heteroatoms. The normalized spacial score (nSPS) is 13.0. The zero-order valence-electron chi connectivity index (χ0n) is 39.8. The average Bonchev–Trinajstić information content (AvgIpc) is 3.27. The number of hydrogen-bond donors (Lipinski definition) is 0. The molecule has 1 unspecified atom stereocenters. The summed E-state index contributed by atoms with van der Waals surface area (Å²) in [4.78, 5) is 37.9. The number of unbranched alkanes of at least 4 members (excludes halogenated alkanes) is 14. The monoisotopic (exact) mass is 859 g/mol. The number of carbonyl (C=O) groups excluding carboxylic acids is 3. The van der Waals surface area contributed by atoms with Gasteiger partial charge in [0, 0.05) is 19.3 Å². The predicted molar refractivity (Wildman–Crippen MR) is 265 cm³/mol. The number of carbonyl (C=O) groups is 3. The van der Waals surface area contributed by atoms with Crippen molar-refractivity contribution < 1.29 is 28.6 Å². The molecule has 0 aliphatic heterocycles. The largest absolute Gasteiger partial charge is 0.462 e. The van der Waals surface area contributed by atoms with Crippen LogP contribution in [0.4, 0.5) is 0 Å². The summed E-state index contributed by atoms with van der Waals surface area (Å²) in [6.45, 7) is 6.31. The van der Waals surface area contributed by atoms with Crippen molar-refractivity contribution in [3.8, 4) is 0 Å². The van der Waals surface area contributed by atoms with Crippen LogP contribution in [0.5, 0.6) is 0 Å². The van der Waals surface area contributed by atoms with Gasteiger partial charge in [-0.15, -0.1) is 0 Å². The Hall–Kier alpha value is -3.93. The smallest absolute Gasteiger partial charge is 0.306 e. The van der Waals surface area contributed by atoms with Crippen LogP contribution in [-0.2, 0) is 28.6 Å². The Balaban J connectivity index is 4.54. The summed E-state index contributed by atoms with van der Waals surface area (Å²) in [6.07, 6.45) is 66.5. The Morgan fingerprint density at radius 1 is 0.339 bits per heavy atom. The van der Waals surface area contributed by atoms with Crippen LogP contribution in [0.3, 0.4) is 0 Å². The minimum Gasteiger partial charge on any atom is -0.462 e. The quantitative estimate of drug-likeness (QED) is 0.0263. The van der Waals surface area contributed by atoms with Crippen molar-refractivity contribution in [3.63, 3.8) is 0 Å². The van der Waals surface area contributed by atoms with Gasteiger partial charge >= 0.3 is 17.9 Å². The lowest BCUT2D eigenvalue weighted by atomic mass is 10.1. The maximum atomic E-state index is 12.8. The maximum absolute atomic E-state index is 12.8. The molecule has 0 aliphatic rings. The van der Waals surface area contributed by atoms with Crippen LogP contribution in [-0.4, -0.2) is 37.2 Å². The van der Waals surface area contributed by atoms with E-state index < -0.39 is 6.10 Å². The fraction of sp³-hybridized carbons (Fsp3) is 0.625. The lowest BCUT2D eigenvalue weighted by Crippen LogP contribution is -2.30. The van der Waals surface area contributed by atoms with Crippen LogP contribution in [0, 0.1) is 0 Å². The summed E-state index contributed by atoms with van der Waals surface area (Å²) >= 11 is 0. The van der Waals surface area contributed by atoms with Gasteiger partial charge in [-0.3, -0.25) is 14.4 Å². The first-order valence-electron chi connectivity index (χ1n) is 24.9. The molecule has 0 aliphatic carbocycles. The molecule has 0 aromatic rings. The van der Waals surface area contributed by atoms with Crippen LogP contribution in [0.2, 0.25) is 0 Å². The molecular formula is C56H90O6. The van der Waals surface area contributed by atoms with Crippen molar-refractivity contribution in [1.29, 1.82) is 0 Å². The molecule has 6 nitrogen and oxygen atoms in total. The summed E-state index contributed by atoms with van der Waals surface area (Å²) < 4.78 is 16.7. The number of esters is 3. The number of hydrogen-bond acceptors (Lipinski definition) is 6. The summed E-state index contributed by atoms with van der Waals surface area (Å²) in [6, 6.07) is 0. The lowest BCUT2D eigenvalue weighted by molar-refractivity contribution is -0.167. The van der Waals surface area contributed by atoms with E-state index in [1.54, 1.807) is 0 Å². The average molecular weight is 859 g/mol. The highest BCUT2D eigenvalue weighted by Crippen LogP contribution is 2.13. The Bertz CT molecular complexity index is 1310. The van der Waals surface area contributed by atoms with E-state index in [-0.39, 0.29) is 44.0 Å². The predicted octanol–water partition coefficient (Wildman–Crippen LogP) is 16.4. The van der Waals surface area contributed by atoms with Gasteiger partial charge in [0.05, 0.1) is 0 Å². The standard InChI is InChI=1S/C56H90O6/c1-4-7-10-13-16-19-22-24-26-28-30-31-34-37-40-43-46-49-55(58)61-52-53(51-60-54(57)48-45-42-39-36-33-21-18-15-12-9-6-3)62-56(59)50-47-44-41-38-35-32-29-27-25-23-20-17-14-11-8-5-2/h7-8,10-11,16-17,19-20,24-27,30-32,35,37,40,53H,4-6,9,12-15,18,21-23,28-29,33-34,36,38-39,41-52H2,1-3H3/b10-7-,11-8-,19-16-,20-17-,26-24-,27-25-,31-30-,35-32-,40-37-. The van der Waals surface area contributed by atoms with Gasteiger partial charge < -0.3 is 14.2 Å². The molecule has 0 amide bonds.